The summed E-state index contributed by atoms with van der Waals surface area (Å²) < 4.78 is 16.2. The van der Waals surface area contributed by atoms with Gasteiger partial charge in [0.15, 0.2) is 5.79 Å². The summed E-state index contributed by atoms with van der Waals surface area (Å²) in [4.78, 5) is 10.6. The van der Waals surface area contributed by atoms with E-state index in [4.69, 9.17) is 19.9 Å². The summed E-state index contributed by atoms with van der Waals surface area (Å²) in [6, 6.07) is 0. The van der Waals surface area contributed by atoms with Crippen molar-refractivity contribution in [2.45, 2.75) is 44.5 Å². The molecule has 0 bridgehead atoms. The lowest BCUT2D eigenvalue weighted by atomic mass is 9.91. The van der Waals surface area contributed by atoms with Gasteiger partial charge in [0, 0.05) is 19.3 Å². The van der Waals surface area contributed by atoms with Crippen LogP contribution in [0.2, 0.25) is 0 Å². The molecule has 2 rings (SSSR count). The maximum atomic E-state index is 10.6. The Hall–Kier alpha value is -1.07. The van der Waals surface area contributed by atoms with Crippen LogP contribution in [0.4, 0.5) is 4.79 Å². The Balaban J connectivity index is 1.83. The minimum atomic E-state index is -0.715. The average Bonchev–Trinajstić information content (AvgIpc) is 2.69. The largest absolute Gasteiger partial charge is 0.446 e. The first-order valence-electron chi connectivity index (χ1n) is 6.01. The van der Waals surface area contributed by atoms with E-state index in [1.165, 1.54) is 5.57 Å². The van der Waals surface area contributed by atoms with Crippen LogP contribution in [0.1, 0.15) is 32.6 Å². The van der Waals surface area contributed by atoms with Crippen molar-refractivity contribution in [1.82, 2.24) is 0 Å². The van der Waals surface area contributed by atoms with Gasteiger partial charge in [-0.3, -0.25) is 0 Å². The van der Waals surface area contributed by atoms with Crippen LogP contribution in [0.15, 0.2) is 11.6 Å². The molecule has 1 atom stereocenters. The second-order valence-electron chi connectivity index (χ2n) is 4.63. The molecule has 2 aliphatic rings. The molecule has 0 saturated carbocycles. The maximum Gasteiger partial charge on any atom is 0.404 e. The molecule has 1 aliphatic heterocycles. The maximum absolute atomic E-state index is 10.6. The highest BCUT2D eigenvalue weighted by atomic mass is 16.7. The van der Waals surface area contributed by atoms with Crippen molar-refractivity contribution in [3.05, 3.63) is 11.6 Å². The summed E-state index contributed by atoms with van der Waals surface area (Å²) in [6.45, 7) is 3.22. The van der Waals surface area contributed by atoms with Crippen molar-refractivity contribution < 1.29 is 19.0 Å². The molecule has 1 amide bonds. The summed E-state index contributed by atoms with van der Waals surface area (Å²) in [6.07, 6.45) is 4.57. The molecular formula is C12H19NO4. The molecule has 0 aromatic carbocycles. The monoisotopic (exact) mass is 241 g/mol. The molecule has 1 saturated heterocycles. The molecule has 1 fully saturated rings. The third kappa shape index (κ3) is 3.20. The highest BCUT2D eigenvalue weighted by molar-refractivity contribution is 5.64. The molecule has 1 aliphatic carbocycles. The van der Waals surface area contributed by atoms with E-state index in [1.807, 2.05) is 6.92 Å². The number of carbonyl (C=O) groups is 1. The Labute approximate surface area is 101 Å². The number of hydrogen-bond donors (Lipinski definition) is 1. The van der Waals surface area contributed by atoms with Gasteiger partial charge in [0.2, 0.25) is 0 Å². The Bertz CT molecular complexity index is 320. The van der Waals surface area contributed by atoms with E-state index < -0.39 is 6.09 Å². The van der Waals surface area contributed by atoms with Crippen molar-refractivity contribution in [3.63, 3.8) is 0 Å². The molecule has 1 spiro atoms. The zero-order valence-corrected chi connectivity index (χ0v) is 10.1. The van der Waals surface area contributed by atoms with Gasteiger partial charge in [0.25, 0.3) is 0 Å². The molecule has 0 radical (unpaired) electrons. The van der Waals surface area contributed by atoms with Crippen LogP contribution in [0.25, 0.3) is 0 Å². The van der Waals surface area contributed by atoms with E-state index in [-0.39, 0.29) is 11.9 Å². The number of ether oxygens (including phenoxy) is 3. The van der Waals surface area contributed by atoms with Crippen LogP contribution in [-0.4, -0.2) is 31.2 Å². The average molecular weight is 241 g/mol. The predicted octanol–water partition coefficient (Wildman–Crippen LogP) is 1.71. The molecule has 17 heavy (non-hydrogen) atoms. The van der Waals surface area contributed by atoms with Crippen LogP contribution >= 0.6 is 0 Å². The van der Waals surface area contributed by atoms with E-state index in [0.29, 0.717) is 13.2 Å². The molecule has 1 unspecified atom stereocenters. The quantitative estimate of drug-likeness (QED) is 0.764. The van der Waals surface area contributed by atoms with Gasteiger partial charge in [-0.1, -0.05) is 11.6 Å². The molecular weight excluding hydrogens is 222 g/mol. The Morgan fingerprint density at radius 3 is 2.82 bits per heavy atom. The standard InChI is InChI=1S/C12H19NO4/c1-9(17-11(13)14)8-10-2-4-12(5-3-10)15-6-7-16-12/h2,9H,3-8H2,1H3,(H2,13,14). The van der Waals surface area contributed by atoms with Crippen molar-refractivity contribution in [3.8, 4) is 0 Å². The van der Waals surface area contributed by atoms with E-state index in [9.17, 15) is 4.79 Å². The summed E-state index contributed by atoms with van der Waals surface area (Å²) in [5.74, 6) is -0.378. The number of primary amides is 1. The number of rotatable bonds is 3. The summed E-state index contributed by atoms with van der Waals surface area (Å²) in [5.41, 5.74) is 6.25. The molecule has 96 valence electrons. The fourth-order valence-electron chi connectivity index (χ4n) is 2.41. The van der Waals surface area contributed by atoms with Gasteiger partial charge in [-0.25, -0.2) is 4.79 Å². The van der Waals surface area contributed by atoms with Crippen LogP contribution in [0.5, 0.6) is 0 Å². The van der Waals surface area contributed by atoms with E-state index in [1.54, 1.807) is 0 Å². The molecule has 5 nitrogen and oxygen atoms in total. The van der Waals surface area contributed by atoms with Crippen molar-refractivity contribution in [2.24, 2.45) is 5.73 Å². The predicted molar refractivity (Wildman–Crippen MR) is 61.3 cm³/mol. The van der Waals surface area contributed by atoms with Crippen molar-refractivity contribution >= 4 is 6.09 Å². The first-order valence-corrected chi connectivity index (χ1v) is 6.01. The first kappa shape index (κ1) is 12.4. The highest BCUT2D eigenvalue weighted by Crippen LogP contribution is 2.36. The van der Waals surface area contributed by atoms with Gasteiger partial charge in [-0.2, -0.15) is 0 Å². The minimum absolute atomic E-state index is 0.168. The SMILES string of the molecule is CC(CC1=CCC2(CC1)OCCO2)OC(N)=O. The number of nitrogens with two attached hydrogens (primary N) is 1. The van der Waals surface area contributed by atoms with E-state index >= 15 is 0 Å². The second-order valence-corrected chi connectivity index (χ2v) is 4.63. The normalized spacial score (nSPS) is 24.4. The smallest absolute Gasteiger partial charge is 0.404 e. The van der Waals surface area contributed by atoms with Crippen LogP contribution < -0.4 is 5.73 Å². The van der Waals surface area contributed by atoms with Crippen LogP contribution in [-0.2, 0) is 14.2 Å². The van der Waals surface area contributed by atoms with Crippen LogP contribution in [0, 0.1) is 0 Å². The van der Waals surface area contributed by atoms with Gasteiger partial charge < -0.3 is 19.9 Å². The van der Waals surface area contributed by atoms with Crippen molar-refractivity contribution in [2.75, 3.05) is 13.2 Å². The van der Waals surface area contributed by atoms with Gasteiger partial charge in [-0.15, -0.1) is 0 Å². The van der Waals surface area contributed by atoms with Gasteiger partial charge >= 0.3 is 6.09 Å². The lowest BCUT2D eigenvalue weighted by Crippen LogP contribution is -2.32. The minimum Gasteiger partial charge on any atom is -0.446 e. The van der Waals surface area contributed by atoms with E-state index in [2.05, 4.69) is 6.08 Å². The highest BCUT2D eigenvalue weighted by Gasteiger charge is 2.37. The van der Waals surface area contributed by atoms with Gasteiger partial charge in [-0.05, 0) is 13.3 Å². The molecule has 0 aromatic rings. The fourth-order valence-corrected chi connectivity index (χ4v) is 2.41. The lowest BCUT2D eigenvalue weighted by molar-refractivity contribution is -0.161. The topological polar surface area (TPSA) is 70.8 Å². The summed E-state index contributed by atoms with van der Waals surface area (Å²) in [7, 11) is 0. The Kier molecular flexibility index (Phi) is 3.69. The zero-order valence-electron chi connectivity index (χ0n) is 10.1. The molecule has 5 heteroatoms. The summed E-state index contributed by atoms with van der Waals surface area (Å²) in [5, 5.41) is 0. The van der Waals surface area contributed by atoms with Gasteiger partial charge in [0.05, 0.1) is 13.2 Å². The first-order chi connectivity index (χ1) is 8.10. The lowest BCUT2D eigenvalue weighted by Gasteiger charge is -2.31. The van der Waals surface area contributed by atoms with Crippen LogP contribution in [0.3, 0.4) is 0 Å². The Morgan fingerprint density at radius 2 is 2.29 bits per heavy atom. The Morgan fingerprint density at radius 1 is 1.59 bits per heavy atom. The van der Waals surface area contributed by atoms with Gasteiger partial charge in [0.1, 0.15) is 6.10 Å². The number of carbonyl (C=O) groups excluding carboxylic acids is 1. The molecule has 0 aromatic heterocycles. The molecule has 2 N–H and O–H groups in total. The second kappa shape index (κ2) is 5.06. The third-order valence-electron chi connectivity index (χ3n) is 3.21. The van der Waals surface area contributed by atoms with E-state index in [0.717, 1.165) is 25.7 Å². The summed E-state index contributed by atoms with van der Waals surface area (Å²) >= 11 is 0. The van der Waals surface area contributed by atoms with Crippen molar-refractivity contribution in [1.29, 1.82) is 0 Å². The molecule has 1 heterocycles. The third-order valence-corrected chi connectivity index (χ3v) is 3.21. The number of amides is 1. The fraction of sp³-hybridized carbons (Fsp3) is 0.750. The zero-order chi connectivity index (χ0) is 12.3. The number of hydrogen-bond acceptors (Lipinski definition) is 4.